The van der Waals surface area contributed by atoms with Crippen LogP contribution in [0.1, 0.15) is 25.8 Å². The number of hydrogen-bond acceptors (Lipinski definition) is 3. The Kier molecular flexibility index (Phi) is 5.07. The van der Waals surface area contributed by atoms with Gasteiger partial charge in [0.1, 0.15) is 5.69 Å². The van der Waals surface area contributed by atoms with Crippen molar-refractivity contribution >= 4 is 15.9 Å². The highest BCUT2D eigenvalue weighted by atomic mass is 79.9. The summed E-state index contributed by atoms with van der Waals surface area (Å²) in [5, 5.41) is 0. The van der Waals surface area contributed by atoms with Gasteiger partial charge < -0.3 is 9.47 Å². The maximum absolute atomic E-state index is 5.43. The third-order valence-electron chi connectivity index (χ3n) is 1.65. The molecular formula is C10H14BrNO2. The molecule has 0 aromatic carbocycles. The van der Waals surface area contributed by atoms with Gasteiger partial charge in [0.25, 0.3) is 0 Å². The van der Waals surface area contributed by atoms with Crippen LogP contribution in [0, 0.1) is 0 Å². The first kappa shape index (κ1) is 11.6. The Labute approximate surface area is 92.6 Å². The average molecular weight is 260 g/mol. The molecule has 78 valence electrons. The van der Waals surface area contributed by atoms with Crippen molar-refractivity contribution < 1.29 is 9.47 Å². The van der Waals surface area contributed by atoms with E-state index in [0.29, 0.717) is 13.2 Å². The molecule has 1 aromatic rings. The zero-order valence-electron chi connectivity index (χ0n) is 8.37. The molecule has 0 N–H and O–H groups in total. The number of hydrogen-bond donors (Lipinski definition) is 0. The summed E-state index contributed by atoms with van der Waals surface area (Å²) in [6, 6.07) is 3.79. The summed E-state index contributed by atoms with van der Waals surface area (Å²) >= 11 is 3.41. The maximum Gasteiger partial charge on any atom is 0.202 e. The molecule has 3 nitrogen and oxygen atoms in total. The summed E-state index contributed by atoms with van der Waals surface area (Å²) in [6.07, 6.45) is 1.35. The van der Waals surface area contributed by atoms with Crippen LogP contribution in [0.5, 0.6) is 0 Å². The normalized spacial score (nSPS) is 10.9. The molecular weight excluding hydrogens is 246 g/mol. The highest BCUT2D eigenvalue weighted by molar-refractivity contribution is 9.10. The maximum atomic E-state index is 5.43. The molecule has 4 heteroatoms. The van der Waals surface area contributed by atoms with Crippen LogP contribution in [0.2, 0.25) is 0 Å². The molecule has 0 fully saturated rings. The zero-order chi connectivity index (χ0) is 10.4. The van der Waals surface area contributed by atoms with Crippen molar-refractivity contribution in [3.8, 4) is 0 Å². The van der Waals surface area contributed by atoms with E-state index >= 15 is 0 Å². The van der Waals surface area contributed by atoms with Crippen molar-refractivity contribution in [2.75, 3.05) is 13.2 Å². The summed E-state index contributed by atoms with van der Waals surface area (Å²) in [6.45, 7) is 5.08. The summed E-state index contributed by atoms with van der Waals surface area (Å²) in [4.78, 5) is 4.22. The summed E-state index contributed by atoms with van der Waals surface area (Å²) in [5.74, 6) is 0. The van der Waals surface area contributed by atoms with Gasteiger partial charge in [0.15, 0.2) is 0 Å². The van der Waals surface area contributed by atoms with Crippen molar-refractivity contribution in [1.82, 2.24) is 4.98 Å². The van der Waals surface area contributed by atoms with Crippen LogP contribution in [0.15, 0.2) is 22.8 Å². The Balaban J connectivity index is 2.81. The van der Waals surface area contributed by atoms with Crippen molar-refractivity contribution in [3.05, 3.63) is 28.5 Å². The third-order valence-corrected chi connectivity index (χ3v) is 2.32. The predicted molar refractivity (Wildman–Crippen MR) is 57.9 cm³/mol. The van der Waals surface area contributed by atoms with E-state index in [2.05, 4.69) is 20.9 Å². The van der Waals surface area contributed by atoms with E-state index in [0.717, 1.165) is 10.2 Å². The Morgan fingerprint density at radius 2 is 2.00 bits per heavy atom. The molecule has 0 unspecified atom stereocenters. The van der Waals surface area contributed by atoms with Gasteiger partial charge >= 0.3 is 0 Å². The molecule has 1 rings (SSSR count). The van der Waals surface area contributed by atoms with Gasteiger partial charge in [-0.25, -0.2) is 0 Å². The first-order valence-electron chi connectivity index (χ1n) is 4.63. The monoisotopic (exact) mass is 259 g/mol. The minimum atomic E-state index is -0.374. The lowest BCUT2D eigenvalue weighted by Gasteiger charge is -2.17. The topological polar surface area (TPSA) is 31.4 Å². The van der Waals surface area contributed by atoms with Crippen molar-refractivity contribution in [3.63, 3.8) is 0 Å². The molecule has 0 bridgehead atoms. The Bertz CT molecular complexity index is 275. The van der Waals surface area contributed by atoms with Gasteiger partial charge in [0.2, 0.25) is 6.29 Å². The summed E-state index contributed by atoms with van der Waals surface area (Å²) in [7, 11) is 0. The van der Waals surface area contributed by atoms with E-state index in [1.54, 1.807) is 6.20 Å². The fourth-order valence-electron chi connectivity index (χ4n) is 1.08. The molecule has 0 radical (unpaired) electrons. The molecule has 0 saturated heterocycles. The van der Waals surface area contributed by atoms with Crippen molar-refractivity contribution in [1.29, 1.82) is 0 Å². The van der Waals surface area contributed by atoms with Crippen LogP contribution >= 0.6 is 15.9 Å². The van der Waals surface area contributed by atoms with Gasteiger partial charge in [-0.1, -0.05) is 0 Å². The number of pyridine rings is 1. The van der Waals surface area contributed by atoms with Crippen LogP contribution in [0.3, 0.4) is 0 Å². The first-order valence-corrected chi connectivity index (χ1v) is 5.42. The molecule has 0 aliphatic rings. The van der Waals surface area contributed by atoms with E-state index in [4.69, 9.17) is 9.47 Å². The van der Waals surface area contributed by atoms with Gasteiger partial charge in [-0.05, 0) is 41.9 Å². The van der Waals surface area contributed by atoms with Crippen LogP contribution in [0.25, 0.3) is 0 Å². The quantitative estimate of drug-likeness (QED) is 0.763. The fourth-order valence-corrected chi connectivity index (χ4v) is 1.52. The lowest BCUT2D eigenvalue weighted by Crippen LogP contribution is -2.11. The molecule has 14 heavy (non-hydrogen) atoms. The number of halogens is 1. The van der Waals surface area contributed by atoms with Crippen molar-refractivity contribution in [2.45, 2.75) is 20.1 Å². The molecule has 0 atom stereocenters. The van der Waals surface area contributed by atoms with Gasteiger partial charge in [-0.15, -0.1) is 0 Å². The average Bonchev–Trinajstić information content (AvgIpc) is 2.18. The smallest absolute Gasteiger partial charge is 0.202 e. The molecule has 0 spiro atoms. The lowest BCUT2D eigenvalue weighted by molar-refractivity contribution is -0.143. The second kappa shape index (κ2) is 6.11. The largest absolute Gasteiger partial charge is 0.347 e. The molecule has 0 amide bonds. The second-order valence-corrected chi connectivity index (χ2v) is 3.47. The summed E-state index contributed by atoms with van der Waals surface area (Å²) < 4.78 is 11.8. The van der Waals surface area contributed by atoms with E-state index < -0.39 is 0 Å². The Morgan fingerprint density at radius 1 is 1.36 bits per heavy atom. The fraction of sp³-hybridized carbons (Fsp3) is 0.500. The highest BCUT2D eigenvalue weighted by Crippen LogP contribution is 2.24. The molecule has 0 saturated carbocycles. The number of ether oxygens (including phenoxy) is 2. The summed E-state index contributed by atoms with van der Waals surface area (Å²) in [5.41, 5.74) is 0.788. The number of rotatable bonds is 5. The first-order chi connectivity index (χ1) is 6.79. The number of aromatic nitrogens is 1. The van der Waals surface area contributed by atoms with Crippen LogP contribution in [-0.2, 0) is 9.47 Å². The molecule has 0 aliphatic carbocycles. The van der Waals surface area contributed by atoms with Gasteiger partial charge in [0.05, 0.1) is 0 Å². The zero-order valence-corrected chi connectivity index (χ0v) is 9.95. The van der Waals surface area contributed by atoms with E-state index in [-0.39, 0.29) is 6.29 Å². The predicted octanol–water partition coefficient (Wildman–Crippen LogP) is 2.92. The van der Waals surface area contributed by atoms with Crippen LogP contribution in [0.4, 0.5) is 0 Å². The minimum absolute atomic E-state index is 0.374. The standard InChI is InChI=1S/C10H14BrNO2/c1-3-13-10(14-4-2)9-8(11)6-5-7-12-9/h5-7,10H,3-4H2,1-2H3. The van der Waals surface area contributed by atoms with Crippen LogP contribution < -0.4 is 0 Å². The van der Waals surface area contributed by atoms with Gasteiger partial charge in [-0.2, -0.15) is 0 Å². The van der Waals surface area contributed by atoms with Crippen molar-refractivity contribution in [2.24, 2.45) is 0 Å². The highest BCUT2D eigenvalue weighted by Gasteiger charge is 2.15. The van der Waals surface area contributed by atoms with E-state index in [1.807, 2.05) is 26.0 Å². The van der Waals surface area contributed by atoms with Gasteiger partial charge in [0, 0.05) is 23.9 Å². The lowest BCUT2D eigenvalue weighted by atomic mass is 10.3. The molecule has 1 aromatic heterocycles. The van der Waals surface area contributed by atoms with E-state index in [1.165, 1.54) is 0 Å². The molecule has 0 aliphatic heterocycles. The van der Waals surface area contributed by atoms with Crippen LogP contribution in [-0.4, -0.2) is 18.2 Å². The second-order valence-electron chi connectivity index (χ2n) is 2.61. The molecule has 1 heterocycles. The van der Waals surface area contributed by atoms with E-state index in [9.17, 15) is 0 Å². The Morgan fingerprint density at radius 3 is 2.50 bits per heavy atom. The minimum Gasteiger partial charge on any atom is -0.347 e. The number of nitrogens with zero attached hydrogens (tertiary/aromatic N) is 1. The third kappa shape index (κ3) is 3.04. The van der Waals surface area contributed by atoms with Gasteiger partial charge in [-0.3, -0.25) is 4.98 Å². The SMILES string of the molecule is CCOC(OCC)c1ncccc1Br. The Hall–Kier alpha value is -0.450.